The molecule has 1 radical (unpaired) electrons. The number of hydrogen-bond donors (Lipinski definition) is 0. The van der Waals surface area contributed by atoms with Gasteiger partial charge in [-0.05, 0) is 47.6 Å². The molecule has 0 saturated heterocycles. The van der Waals surface area contributed by atoms with Gasteiger partial charge in [-0.3, -0.25) is 0 Å². The van der Waals surface area contributed by atoms with E-state index in [1.807, 2.05) is 110 Å². The predicted octanol–water partition coefficient (Wildman–Crippen LogP) is 8.97. The maximum Gasteiger partial charge on any atom is 0.120 e. The zero-order valence-electron chi connectivity index (χ0n) is 21.3. The van der Waals surface area contributed by atoms with E-state index in [1.54, 1.807) is 0 Å². The van der Waals surface area contributed by atoms with Gasteiger partial charge in [0.05, 0.1) is 5.58 Å². The van der Waals surface area contributed by atoms with Crippen LogP contribution < -0.4 is 0 Å². The number of aryl methyl sites for hydroxylation is 1. The van der Waals surface area contributed by atoms with Crippen LogP contribution >= 0.6 is 0 Å². The number of rotatable bonds is 3. The first kappa shape index (κ1) is 26.2. The second kappa shape index (κ2) is 12.0. The molecule has 0 saturated carbocycles. The molecule has 7 aromatic rings. The van der Waals surface area contributed by atoms with Crippen LogP contribution in [0.15, 0.2) is 132 Å². The molecule has 4 heteroatoms. The Hall–Kier alpha value is -4.37. The molecule has 0 fully saturated rings. The Kier molecular flexibility index (Phi) is 8.07. The second-order valence-electron chi connectivity index (χ2n) is 8.93. The van der Waals surface area contributed by atoms with Gasteiger partial charge in [0, 0.05) is 37.4 Å². The standard InChI is InChI=1S/C23H14NO.C12H10N.Ir/c1-2-7-16(8-3-1)17-13-14-24-21(15-17)20-11-6-10-19-18-9-4-5-12-22(18)25-23(19)20;1-10-6-5-9-12(13-10)11-7-3-2-4-8-11;/h1-10,12-15H;2-7,9H,1H3;/q2*-1;. The Balaban J connectivity index is 0.000000187. The van der Waals surface area contributed by atoms with Gasteiger partial charge in [-0.15, -0.1) is 54.1 Å². The second-order valence-corrected chi connectivity index (χ2v) is 8.93. The zero-order chi connectivity index (χ0) is 25.7. The Morgan fingerprint density at radius 1 is 0.641 bits per heavy atom. The Morgan fingerprint density at radius 3 is 2.28 bits per heavy atom. The number of furan rings is 1. The topological polar surface area (TPSA) is 38.9 Å². The monoisotopic (exact) mass is 681 g/mol. The van der Waals surface area contributed by atoms with Crippen molar-refractivity contribution in [2.24, 2.45) is 0 Å². The van der Waals surface area contributed by atoms with Crippen LogP contribution in [0.1, 0.15) is 5.69 Å². The van der Waals surface area contributed by atoms with Crippen LogP contribution in [-0.4, -0.2) is 9.97 Å². The normalized spacial score (nSPS) is 10.5. The summed E-state index contributed by atoms with van der Waals surface area (Å²) in [7, 11) is 0. The molecule has 3 aromatic heterocycles. The third kappa shape index (κ3) is 5.73. The molecule has 0 spiro atoms. The van der Waals surface area contributed by atoms with Crippen molar-refractivity contribution in [1.29, 1.82) is 0 Å². The van der Waals surface area contributed by atoms with Crippen LogP contribution in [0.5, 0.6) is 0 Å². The number of fused-ring (bicyclic) bond motifs is 3. The zero-order valence-corrected chi connectivity index (χ0v) is 23.7. The van der Waals surface area contributed by atoms with Crippen molar-refractivity contribution in [3.63, 3.8) is 0 Å². The summed E-state index contributed by atoms with van der Waals surface area (Å²) in [5, 5.41) is 2.21. The van der Waals surface area contributed by atoms with Gasteiger partial charge in [-0.25, -0.2) is 0 Å². The minimum atomic E-state index is 0. The van der Waals surface area contributed by atoms with Crippen molar-refractivity contribution in [1.82, 2.24) is 9.97 Å². The third-order valence-corrected chi connectivity index (χ3v) is 6.34. The first-order valence-corrected chi connectivity index (χ1v) is 12.5. The SMILES string of the molecule is Cc1cccc(-c2[c-]cccc2)n1.[Ir].[c-]1ccc2c(oc3ccccc32)c1-c1cc(-c2ccccc2)ccn1. The number of para-hydroxylation sites is 1. The molecule has 39 heavy (non-hydrogen) atoms. The molecule has 191 valence electrons. The number of nitrogens with zero attached hydrogens (tertiary/aromatic N) is 2. The molecule has 0 atom stereocenters. The van der Waals surface area contributed by atoms with E-state index in [0.29, 0.717) is 0 Å². The molecule has 0 aliphatic heterocycles. The summed E-state index contributed by atoms with van der Waals surface area (Å²) in [5.41, 5.74) is 8.85. The van der Waals surface area contributed by atoms with Gasteiger partial charge >= 0.3 is 0 Å². The largest absolute Gasteiger partial charge is 0.501 e. The Morgan fingerprint density at radius 2 is 1.46 bits per heavy atom. The van der Waals surface area contributed by atoms with E-state index < -0.39 is 0 Å². The van der Waals surface area contributed by atoms with Crippen LogP contribution in [0.25, 0.3) is 55.6 Å². The molecule has 3 nitrogen and oxygen atoms in total. The van der Waals surface area contributed by atoms with E-state index in [4.69, 9.17) is 4.42 Å². The quantitative estimate of drug-likeness (QED) is 0.175. The Labute approximate surface area is 241 Å². The summed E-state index contributed by atoms with van der Waals surface area (Å²) in [4.78, 5) is 8.98. The van der Waals surface area contributed by atoms with Crippen LogP contribution in [0.4, 0.5) is 0 Å². The summed E-state index contributed by atoms with van der Waals surface area (Å²) >= 11 is 0. The number of benzene rings is 4. The number of aromatic nitrogens is 2. The number of hydrogen-bond acceptors (Lipinski definition) is 3. The summed E-state index contributed by atoms with van der Waals surface area (Å²) < 4.78 is 6.11. The predicted molar refractivity (Wildman–Crippen MR) is 154 cm³/mol. The molecule has 0 N–H and O–H groups in total. The molecule has 0 aliphatic rings. The van der Waals surface area contributed by atoms with E-state index in [9.17, 15) is 0 Å². The van der Waals surface area contributed by atoms with Gasteiger partial charge in [0.25, 0.3) is 0 Å². The van der Waals surface area contributed by atoms with Gasteiger partial charge in [-0.1, -0.05) is 77.7 Å². The van der Waals surface area contributed by atoms with E-state index in [2.05, 4.69) is 46.4 Å². The van der Waals surface area contributed by atoms with Gasteiger partial charge in [0.15, 0.2) is 0 Å². The van der Waals surface area contributed by atoms with Gasteiger partial charge in [-0.2, -0.15) is 0 Å². The van der Waals surface area contributed by atoms with Crippen molar-refractivity contribution >= 4 is 21.9 Å². The summed E-state index contributed by atoms with van der Waals surface area (Å²) in [6.07, 6.45) is 1.84. The summed E-state index contributed by atoms with van der Waals surface area (Å²) in [5.74, 6) is 0. The summed E-state index contributed by atoms with van der Waals surface area (Å²) in [6.45, 7) is 1.99. The molecule has 0 aliphatic carbocycles. The van der Waals surface area contributed by atoms with Crippen molar-refractivity contribution in [3.05, 3.63) is 145 Å². The maximum absolute atomic E-state index is 6.11. The third-order valence-electron chi connectivity index (χ3n) is 6.34. The van der Waals surface area contributed by atoms with Crippen LogP contribution in [0.2, 0.25) is 0 Å². The number of pyridine rings is 2. The van der Waals surface area contributed by atoms with Crippen molar-refractivity contribution < 1.29 is 24.5 Å². The van der Waals surface area contributed by atoms with E-state index in [-0.39, 0.29) is 20.1 Å². The fourth-order valence-corrected chi connectivity index (χ4v) is 4.50. The smallest absolute Gasteiger partial charge is 0.120 e. The minimum Gasteiger partial charge on any atom is -0.501 e. The average molecular weight is 681 g/mol. The molecule has 3 heterocycles. The van der Waals surface area contributed by atoms with Crippen LogP contribution in [0, 0.1) is 19.1 Å². The summed E-state index contributed by atoms with van der Waals surface area (Å²) in [6, 6.07) is 46.8. The van der Waals surface area contributed by atoms with E-state index in [1.165, 1.54) is 5.56 Å². The molecular formula is C35H24IrN2O-2. The fourth-order valence-electron chi connectivity index (χ4n) is 4.50. The molecule has 0 bridgehead atoms. The van der Waals surface area contributed by atoms with Gasteiger partial charge in [0.2, 0.25) is 0 Å². The molecule has 0 amide bonds. The maximum atomic E-state index is 6.11. The van der Waals surface area contributed by atoms with E-state index in [0.717, 1.165) is 55.7 Å². The minimum absolute atomic E-state index is 0. The van der Waals surface area contributed by atoms with Crippen molar-refractivity contribution in [3.8, 4) is 33.6 Å². The first-order valence-electron chi connectivity index (χ1n) is 12.5. The van der Waals surface area contributed by atoms with Crippen LogP contribution in [-0.2, 0) is 20.1 Å². The average Bonchev–Trinajstić information content (AvgIpc) is 3.38. The molecular weight excluding hydrogens is 657 g/mol. The van der Waals surface area contributed by atoms with Crippen molar-refractivity contribution in [2.75, 3.05) is 0 Å². The van der Waals surface area contributed by atoms with Crippen LogP contribution in [0.3, 0.4) is 0 Å². The molecule has 0 unspecified atom stereocenters. The van der Waals surface area contributed by atoms with Gasteiger partial charge in [0.1, 0.15) is 5.58 Å². The Bertz CT molecular complexity index is 1830. The van der Waals surface area contributed by atoms with E-state index >= 15 is 0 Å². The van der Waals surface area contributed by atoms with Gasteiger partial charge < -0.3 is 14.4 Å². The van der Waals surface area contributed by atoms with Crippen molar-refractivity contribution in [2.45, 2.75) is 6.92 Å². The fraction of sp³-hybridized carbons (Fsp3) is 0.0286. The molecule has 4 aromatic carbocycles. The first-order chi connectivity index (χ1) is 18.8. The molecule has 7 rings (SSSR count).